The Balaban J connectivity index is 1.39. The Bertz CT molecular complexity index is 1380. The number of nitrogens with one attached hydrogen (secondary N) is 2. The number of fused-ring (bicyclic) bond motifs is 1. The minimum atomic E-state index is -0.321. The Kier molecular flexibility index (Phi) is 5.56. The van der Waals surface area contributed by atoms with Crippen molar-refractivity contribution in [1.29, 1.82) is 5.26 Å². The molecular weight excluding hydrogens is 448 g/mol. The number of aryl methyl sites for hydroxylation is 1. The zero-order valence-corrected chi connectivity index (χ0v) is 19.4. The molecule has 1 aliphatic carbocycles. The standard InChI is InChI=1S/C24H24N8O3/c1-14-12-31(13-26-23(34)20-7-8-27-30(20)2)24(35)21-10-19(29-32(14)21)17-6-3-15(11-25)9-18(17)28-22(33)16-4-5-16/h3,6-10,14,16H,4-5,12-13H2,1-2H3,(H,26,34)(H,28,33)/t14-/m0/s1. The van der Waals surface area contributed by atoms with Crippen LogP contribution in [0.2, 0.25) is 0 Å². The van der Waals surface area contributed by atoms with Crippen LogP contribution in [0.5, 0.6) is 0 Å². The van der Waals surface area contributed by atoms with Crippen LogP contribution in [-0.4, -0.2) is 55.4 Å². The van der Waals surface area contributed by atoms with Gasteiger partial charge in [0, 0.05) is 31.3 Å². The molecule has 3 amide bonds. The predicted molar refractivity (Wildman–Crippen MR) is 125 cm³/mol. The average Bonchev–Trinajstić information content (AvgIpc) is 3.46. The Labute approximate surface area is 201 Å². The molecule has 1 saturated carbocycles. The van der Waals surface area contributed by atoms with E-state index in [0.29, 0.717) is 40.4 Å². The van der Waals surface area contributed by atoms with Gasteiger partial charge in [0.2, 0.25) is 5.91 Å². The van der Waals surface area contributed by atoms with E-state index >= 15 is 0 Å². The van der Waals surface area contributed by atoms with Crippen molar-refractivity contribution >= 4 is 23.4 Å². The summed E-state index contributed by atoms with van der Waals surface area (Å²) in [6.07, 6.45) is 3.25. The first-order valence-corrected chi connectivity index (χ1v) is 11.4. The number of benzene rings is 1. The highest BCUT2D eigenvalue weighted by Crippen LogP contribution is 2.34. The van der Waals surface area contributed by atoms with Crippen molar-refractivity contribution in [3.8, 4) is 17.3 Å². The molecule has 178 valence electrons. The summed E-state index contributed by atoms with van der Waals surface area (Å²) in [6.45, 7) is 2.36. The molecule has 1 aromatic carbocycles. The van der Waals surface area contributed by atoms with Gasteiger partial charge in [0.15, 0.2) is 0 Å². The van der Waals surface area contributed by atoms with Crippen molar-refractivity contribution in [3.05, 3.63) is 53.5 Å². The van der Waals surface area contributed by atoms with E-state index in [1.807, 2.05) is 6.92 Å². The van der Waals surface area contributed by atoms with Crippen molar-refractivity contribution in [2.24, 2.45) is 13.0 Å². The summed E-state index contributed by atoms with van der Waals surface area (Å²) in [5.41, 5.74) is 2.86. The van der Waals surface area contributed by atoms with Crippen LogP contribution in [0.3, 0.4) is 0 Å². The van der Waals surface area contributed by atoms with Crippen LogP contribution < -0.4 is 10.6 Å². The number of nitriles is 1. The van der Waals surface area contributed by atoms with E-state index in [1.165, 1.54) is 10.9 Å². The SMILES string of the molecule is C[C@H]1CN(CNC(=O)c2ccnn2C)C(=O)c2cc(-c3ccc(C#N)cc3NC(=O)C3CC3)nn21. The number of carbonyl (C=O) groups is 3. The molecule has 5 rings (SSSR count). The molecule has 0 spiro atoms. The molecule has 0 radical (unpaired) electrons. The Morgan fingerprint density at radius 1 is 1.23 bits per heavy atom. The second-order valence-corrected chi connectivity index (χ2v) is 8.88. The lowest BCUT2D eigenvalue weighted by Gasteiger charge is -2.31. The van der Waals surface area contributed by atoms with Gasteiger partial charge in [-0.25, -0.2) is 0 Å². The van der Waals surface area contributed by atoms with Gasteiger partial charge >= 0.3 is 0 Å². The van der Waals surface area contributed by atoms with Crippen molar-refractivity contribution < 1.29 is 14.4 Å². The van der Waals surface area contributed by atoms with Gasteiger partial charge in [-0.2, -0.15) is 15.5 Å². The zero-order chi connectivity index (χ0) is 24.7. The molecule has 2 N–H and O–H groups in total. The highest BCUT2D eigenvalue weighted by Gasteiger charge is 2.33. The third kappa shape index (κ3) is 4.26. The number of carbonyl (C=O) groups excluding carboxylic acids is 3. The molecule has 0 unspecified atom stereocenters. The monoisotopic (exact) mass is 472 g/mol. The summed E-state index contributed by atoms with van der Waals surface area (Å²) < 4.78 is 3.14. The second-order valence-electron chi connectivity index (χ2n) is 8.88. The van der Waals surface area contributed by atoms with E-state index in [1.54, 1.807) is 47.0 Å². The van der Waals surface area contributed by atoms with Crippen molar-refractivity contribution in [2.75, 3.05) is 18.5 Å². The minimum Gasteiger partial charge on any atom is -0.333 e. The van der Waals surface area contributed by atoms with Gasteiger partial charge in [-0.1, -0.05) is 0 Å². The first-order chi connectivity index (χ1) is 16.9. The van der Waals surface area contributed by atoms with Gasteiger partial charge in [0.05, 0.1) is 35.7 Å². The first-order valence-electron chi connectivity index (χ1n) is 11.4. The fourth-order valence-corrected chi connectivity index (χ4v) is 4.17. The zero-order valence-electron chi connectivity index (χ0n) is 19.4. The quantitative estimate of drug-likeness (QED) is 0.562. The summed E-state index contributed by atoms with van der Waals surface area (Å²) >= 11 is 0. The molecule has 11 heteroatoms. The van der Waals surface area contributed by atoms with Gasteiger partial charge < -0.3 is 15.5 Å². The number of rotatable bonds is 6. The number of hydrogen-bond acceptors (Lipinski definition) is 6. The van der Waals surface area contributed by atoms with E-state index in [-0.39, 0.29) is 36.3 Å². The lowest BCUT2D eigenvalue weighted by molar-refractivity contribution is -0.117. The smallest absolute Gasteiger partial charge is 0.273 e. The van der Waals surface area contributed by atoms with Crippen molar-refractivity contribution in [2.45, 2.75) is 25.8 Å². The van der Waals surface area contributed by atoms with E-state index in [9.17, 15) is 19.6 Å². The van der Waals surface area contributed by atoms with Crippen molar-refractivity contribution in [1.82, 2.24) is 29.8 Å². The third-order valence-corrected chi connectivity index (χ3v) is 6.26. The van der Waals surface area contributed by atoms with E-state index in [2.05, 4.69) is 26.9 Å². The van der Waals surface area contributed by atoms with Crippen LogP contribution in [0.15, 0.2) is 36.5 Å². The molecule has 1 fully saturated rings. The van der Waals surface area contributed by atoms with Gasteiger partial charge in [-0.05, 0) is 50.1 Å². The molecule has 11 nitrogen and oxygen atoms in total. The maximum absolute atomic E-state index is 13.2. The Hall–Kier alpha value is -4.46. The van der Waals surface area contributed by atoms with Crippen LogP contribution in [0.4, 0.5) is 5.69 Å². The molecule has 1 atom stereocenters. The third-order valence-electron chi connectivity index (χ3n) is 6.26. The van der Waals surface area contributed by atoms with Gasteiger partial charge in [-0.15, -0.1) is 0 Å². The number of hydrogen-bond donors (Lipinski definition) is 2. The number of amides is 3. The number of anilines is 1. The largest absolute Gasteiger partial charge is 0.333 e. The maximum Gasteiger partial charge on any atom is 0.273 e. The minimum absolute atomic E-state index is 0.000471. The lowest BCUT2D eigenvalue weighted by Crippen LogP contribution is -2.48. The van der Waals surface area contributed by atoms with Gasteiger partial charge in [-0.3, -0.25) is 23.7 Å². The predicted octanol–water partition coefficient (Wildman–Crippen LogP) is 1.91. The van der Waals surface area contributed by atoms with Gasteiger partial charge in [0.25, 0.3) is 11.8 Å². The van der Waals surface area contributed by atoms with E-state index in [0.717, 1.165) is 12.8 Å². The topological polar surface area (TPSA) is 138 Å². The van der Waals surface area contributed by atoms with E-state index < -0.39 is 0 Å². The van der Waals surface area contributed by atoms with Gasteiger partial charge in [0.1, 0.15) is 11.4 Å². The fraction of sp³-hybridized carbons (Fsp3) is 0.333. The van der Waals surface area contributed by atoms with Crippen LogP contribution in [0, 0.1) is 17.2 Å². The van der Waals surface area contributed by atoms with E-state index in [4.69, 9.17) is 0 Å². The van der Waals surface area contributed by atoms with Crippen LogP contribution >= 0.6 is 0 Å². The Morgan fingerprint density at radius 3 is 2.71 bits per heavy atom. The summed E-state index contributed by atoms with van der Waals surface area (Å²) in [5, 5.41) is 23.6. The fourth-order valence-electron chi connectivity index (χ4n) is 4.17. The average molecular weight is 473 g/mol. The van der Waals surface area contributed by atoms with Crippen LogP contribution in [-0.2, 0) is 11.8 Å². The first kappa shape index (κ1) is 22.3. The summed E-state index contributed by atoms with van der Waals surface area (Å²) in [5.74, 6) is -0.658. The number of nitrogens with zero attached hydrogens (tertiary/aromatic N) is 6. The lowest BCUT2D eigenvalue weighted by atomic mass is 10.1. The molecule has 35 heavy (non-hydrogen) atoms. The number of aromatic nitrogens is 4. The molecule has 2 aliphatic rings. The summed E-state index contributed by atoms with van der Waals surface area (Å²) in [7, 11) is 1.67. The molecule has 0 bridgehead atoms. The Morgan fingerprint density at radius 2 is 2.03 bits per heavy atom. The summed E-state index contributed by atoms with van der Waals surface area (Å²) in [4.78, 5) is 39.6. The molecular formula is C24H24N8O3. The normalized spacial score (nSPS) is 17.0. The second kappa shape index (κ2) is 8.72. The maximum atomic E-state index is 13.2. The molecule has 3 heterocycles. The molecule has 3 aromatic rings. The van der Waals surface area contributed by atoms with Crippen molar-refractivity contribution in [3.63, 3.8) is 0 Å². The molecule has 1 aliphatic heterocycles. The molecule has 0 saturated heterocycles. The highest BCUT2D eigenvalue weighted by molar-refractivity contribution is 5.99. The van der Waals surface area contributed by atoms with Crippen LogP contribution in [0.1, 0.15) is 52.3 Å². The van der Waals surface area contributed by atoms with Crippen LogP contribution in [0.25, 0.3) is 11.3 Å². The highest BCUT2D eigenvalue weighted by atomic mass is 16.2. The molecule has 2 aromatic heterocycles. The summed E-state index contributed by atoms with van der Waals surface area (Å²) in [6, 6.07) is 10.3.